The molecule has 0 radical (unpaired) electrons. The molecule has 0 saturated carbocycles. The molecule has 1 aromatic heterocycles. The Balaban J connectivity index is 1.48. The van der Waals surface area contributed by atoms with Crippen LogP contribution in [0.2, 0.25) is 10.0 Å². The first-order valence-corrected chi connectivity index (χ1v) is 14.2. The lowest BCUT2D eigenvalue weighted by molar-refractivity contribution is 0.579. The maximum absolute atomic E-state index is 13.3. The second kappa shape index (κ2) is 10.6. The Morgan fingerprint density at radius 2 is 1.61 bits per heavy atom. The third-order valence-electron chi connectivity index (χ3n) is 5.52. The number of nitrogens with zero attached hydrogens (tertiary/aromatic N) is 3. The number of thioether (sulfide) groups is 1. The van der Waals surface area contributed by atoms with E-state index in [1.807, 2.05) is 54.6 Å². The predicted molar refractivity (Wildman–Crippen MR) is 145 cm³/mol. The topological polar surface area (TPSA) is 76.9 Å². The van der Waals surface area contributed by atoms with Crippen molar-refractivity contribution in [2.75, 3.05) is 0 Å². The van der Waals surface area contributed by atoms with Crippen molar-refractivity contribution in [1.29, 1.82) is 0 Å². The van der Waals surface area contributed by atoms with E-state index in [2.05, 4.69) is 14.9 Å². The minimum absolute atomic E-state index is 0.0800. The second-order valence-corrected chi connectivity index (χ2v) is 11.4. The van der Waals surface area contributed by atoms with E-state index < -0.39 is 10.0 Å². The molecule has 0 aliphatic carbocycles. The number of fused-ring (bicyclic) bond motifs is 1. The Morgan fingerprint density at radius 1 is 0.861 bits per heavy atom. The molecule has 0 spiro atoms. The van der Waals surface area contributed by atoms with Crippen molar-refractivity contribution < 1.29 is 8.42 Å². The average Bonchev–Trinajstić information content (AvgIpc) is 3.29. The van der Waals surface area contributed by atoms with Crippen molar-refractivity contribution in [3.63, 3.8) is 0 Å². The van der Waals surface area contributed by atoms with E-state index in [1.165, 1.54) is 11.8 Å². The summed E-state index contributed by atoms with van der Waals surface area (Å²) < 4.78 is 31.0. The zero-order chi connectivity index (χ0) is 25.1. The highest BCUT2D eigenvalue weighted by molar-refractivity contribution is 7.98. The molecule has 0 amide bonds. The van der Waals surface area contributed by atoms with Crippen LogP contribution in [-0.4, -0.2) is 23.2 Å². The van der Waals surface area contributed by atoms with Crippen molar-refractivity contribution >= 4 is 55.8 Å². The zero-order valence-corrected chi connectivity index (χ0v) is 21.9. The fourth-order valence-electron chi connectivity index (χ4n) is 3.80. The number of rotatable bonds is 8. The normalized spacial score (nSPS) is 11.7. The van der Waals surface area contributed by atoms with Crippen LogP contribution in [-0.2, 0) is 22.3 Å². The average molecular weight is 556 g/mol. The minimum atomic E-state index is -3.84. The van der Waals surface area contributed by atoms with Crippen LogP contribution >= 0.6 is 35.0 Å². The van der Waals surface area contributed by atoms with E-state index in [9.17, 15) is 8.42 Å². The van der Waals surface area contributed by atoms with Crippen molar-refractivity contribution in [1.82, 2.24) is 19.5 Å². The third-order valence-corrected chi connectivity index (χ3v) is 8.52. The summed E-state index contributed by atoms with van der Waals surface area (Å²) in [5.74, 6) is 1.06. The number of benzene rings is 4. The first-order chi connectivity index (χ1) is 17.4. The van der Waals surface area contributed by atoms with Gasteiger partial charge in [-0.05, 0) is 35.2 Å². The van der Waals surface area contributed by atoms with Crippen LogP contribution in [0, 0.1) is 0 Å². The number of hydrogen-bond donors (Lipinski definition) is 1. The molecule has 0 aliphatic rings. The summed E-state index contributed by atoms with van der Waals surface area (Å²) in [7, 11) is -3.84. The van der Waals surface area contributed by atoms with Crippen molar-refractivity contribution in [2.24, 2.45) is 0 Å². The Morgan fingerprint density at radius 3 is 2.42 bits per heavy atom. The largest absolute Gasteiger partial charge is 0.271 e. The lowest BCUT2D eigenvalue weighted by atomic mass is 10.1. The van der Waals surface area contributed by atoms with E-state index in [0.717, 1.165) is 10.9 Å². The summed E-state index contributed by atoms with van der Waals surface area (Å²) in [5.41, 5.74) is 1.73. The summed E-state index contributed by atoms with van der Waals surface area (Å²) in [4.78, 5) is 0.204. The van der Waals surface area contributed by atoms with Crippen molar-refractivity contribution in [3.05, 3.63) is 112 Å². The van der Waals surface area contributed by atoms with Crippen LogP contribution in [0.3, 0.4) is 0 Å². The van der Waals surface area contributed by atoms with Gasteiger partial charge in [-0.3, -0.25) is 4.57 Å². The van der Waals surface area contributed by atoms with Crippen LogP contribution < -0.4 is 4.72 Å². The van der Waals surface area contributed by atoms with Gasteiger partial charge >= 0.3 is 0 Å². The van der Waals surface area contributed by atoms with Gasteiger partial charge in [0, 0.05) is 16.2 Å². The van der Waals surface area contributed by atoms with Crippen LogP contribution in [0.1, 0.15) is 11.4 Å². The quantitative estimate of drug-likeness (QED) is 0.221. The zero-order valence-electron chi connectivity index (χ0n) is 18.8. The van der Waals surface area contributed by atoms with Gasteiger partial charge in [-0.25, -0.2) is 13.1 Å². The number of halogens is 2. The Bertz CT molecular complexity index is 1640. The molecule has 0 aliphatic heterocycles. The van der Waals surface area contributed by atoms with E-state index in [1.54, 1.807) is 41.0 Å². The molecular formula is C26H20Cl2N4O2S2. The highest BCUT2D eigenvalue weighted by atomic mass is 35.5. The highest BCUT2D eigenvalue weighted by Crippen LogP contribution is 2.31. The van der Waals surface area contributed by atoms with Gasteiger partial charge in [0.2, 0.25) is 10.0 Å². The molecule has 5 aromatic rings. The van der Waals surface area contributed by atoms with Crippen molar-refractivity contribution in [3.8, 4) is 5.69 Å². The Hall–Kier alpha value is -2.88. The smallest absolute Gasteiger partial charge is 0.241 e. The number of sulfonamides is 1. The molecule has 0 fully saturated rings. The molecule has 1 heterocycles. The Labute approximate surface area is 223 Å². The van der Waals surface area contributed by atoms with Gasteiger partial charge < -0.3 is 0 Å². The predicted octanol–water partition coefficient (Wildman–Crippen LogP) is 6.50. The van der Waals surface area contributed by atoms with Gasteiger partial charge in [-0.2, -0.15) is 0 Å². The van der Waals surface area contributed by atoms with Crippen LogP contribution in [0.25, 0.3) is 16.5 Å². The van der Waals surface area contributed by atoms with E-state index in [4.69, 9.17) is 23.2 Å². The molecule has 4 aromatic carbocycles. The summed E-state index contributed by atoms with van der Waals surface area (Å²) in [6.07, 6.45) is 0. The van der Waals surface area contributed by atoms with Gasteiger partial charge in [0.15, 0.2) is 11.0 Å². The molecular weight excluding hydrogens is 535 g/mol. The fraction of sp³-hybridized carbons (Fsp3) is 0.0769. The molecule has 6 nitrogen and oxygen atoms in total. The fourth-order valence-corrected chi connectivity index (χ4v) is 6.42. The molecule has 0 unspecified atom stereocenters. The van der Waals surface area contributed by atoms with E-state index in [0.29, 0.717) is 37.9 Å². The lowest BCUT2D eigenvalue weighted by Gasteiger charge is -2.13. The maximum Gasteiger partial charge on any atom is 0.241 e. The molecule has 0 bridgehead atoms. The summed E-state index contributed by atoms with van der Waals surface area (Å²) in [5, 5.41) is 11.6. The molecule has 1 N–H and O–H groups in total. The first-order valence-electron chi connectivity index (χ1n) is 11.0. The van der Waals surface area contributed by atoms with Gasteiger partial charge in [0.1, 0.15) is 0 Å². The molecule has 36 heavy (non-hydrogen) atoms. The first kappa shape index (κ1) is 24.8. The van der Waals surface area contributed by atoms with E-state index >= 15 is 0 Å². The molecule has 10 heteroatoms. The molecule has 0 atom stereocenters. The van der Waals surface area contributed by atoms with Gasteiger partial charge in [-0.15, -0.1) is 10.2 Å². The summed E-state index contributed by atoms with van der Waals surface area (Å²) in [6.45, 7) is -0.0800. The molecule has 5 rings (SSSR count). The number of hydrogen-bond acceptors (Lipinski definition) is 5. The number of nitrogens with one attached hydrogen (secondary N) is 1. The third kappa shape index (κ3) is 5.28. The van der Waals surface area contributed by atoms with Gasteiger partial charge in [0.05, 0.1) is 22.2 Å². The minimum Gasteiger partial charge on any atom is -0.271 e. The summed E-state index contributed by atoms with van der Waals surface area (Å²) in [6, 6.07) is 27.7. The van der Waals surface area contributed by atoms with Crippen LogP contribution in [0.4, 0.5) is 0 Å². The van der Waals surface area contributed by atoms with Crippen molar-refractivity contribution in [2.45, 2.75) is 22.3 Å². The molecule has 0 saturated heterocycles. The van der Waals surface area contributed by atoms with Gasteiger partial charge in [0.25, 0.3) is 0 Å². The second-order valence-electron chi connectivity index (χ2n) is 7.91. The van der Waals surface area contributed by atoms with E-state index in [-0.39, 0.29) is 11.4 Å². The highest BCUT2D eigenvalue weighted by Gasteiger charge is 2.21. The monoisotopic (exact) mass is 554 g/mol. The lowest BCUT2D eigenvalue weighted by Crippen LogP contribution is -2.25. The molecule has 182 valence electrons. The SMILES string of the molecule is O=S(=O)(NCc1nnc(SCc2ccccc2)n1-c1ccc(Cl)cc1Cl)c1cccc2ccccc12. The Kier molecular flexibility index (Phi) is 7.32. The number of aromatic nitrogens is 3. The van der Waals surface area contributed by atoms with Gasteiger partial charge in [-0.1, -0.05) is 102 Å². The summed E-state index contributed by atoms with van der Waals surface area (Å²) >= 11 is 14.1. The van der Waals surface area contributed by atoms with Crippen LogP contribution in [0.15, 0.2) is 101 Å². The van der Waals surface area contributed by atoms with Crippen LogP contribution in [0.5, 0.6) is 0 Å². The maximum atomic E-state index is 13.3. The standard InChI is InChI=1S/C26H20Cl2N4O2S2/c27-20-13-14-23(22(28)15-20)32-25(30-31-26(32)35-17-18-7-2-1-3-8-18)16-29-36(33,34)24-12-6-10-19-9-4-5-11-21(19)24/h1-15,29H,16-17H2.